The quantitative estimate of drug-likeness (QED) is 0.147. The maximum absolute atomic E-state index is 13.5. The highest BCUT2D eigenvalue weighted by Gasteiger charge is 2.50. The van der Waals surface area contributed by atoms with E-state index in [-0.39, 0.29) is 17.1 Å². The van der Waals surface area contributed by atoms with Crippen LogP contribution in [0.2, 0.25) is 0 Å². The lowest BCUT2D eigenvalue weighted by Crippen LogP contribution is -2.55. The Balaban J connectivity index is 1.82. The molecular formula is C27H30O15. The lowest BCUT2D eigenvalue weighted by atomic mass is 9.85. The number of hydrogen-bond donors (Lipinski definition) is 11. The molecule has 0 spiro atoms. The van der Waals surface area contributed by atoms with Crippen LogP contribution >= 0.6 is 0 Å². The number of fused-ring (bicyclic) bond motifs is 1. The average Bonchev–Trinajstić information content (AvgIpc) is 2.97. The van der Waals surface area contributed by atoms with Gasteiger partial charge in [-0.25, -0.2) is 0 Å². The number of ether oxygens (including phenoxy) is 2. The lowest BCUT2D eigenvalue weighted by Gasteiger charge is -2.42. The molecule has 2 fully saturated rings. The molecule has 2 aliphatic rings. The minimum atomic E-state index is -2.02. The van der Waals surface area contributed by atoms with Crippen LogP contribution in [0.5, 0.6) is 17.2 Å². The molecule has 1 aromatic heterocycles. The fourth-order valence-electron chi connectivity index (χ4n) is 5.39. The van der Waals surface area contributed by atoms with Crippen LogP contribution in [0.3, 0.4) is 0 Å². The third-order valence-electron chi connectivity index (χ3n) is 7.70. The molecule has 2 aliphatic heterocycles. The number of aromatic hydroxyl groups is 3. The van der Waals surface area contributed by atoms with Crippen LogP contribution in [0.4, 0.5) is 0 Å². The zero-order valence-electron chi connectivity index (χ0n) is 21.6. The molecule has 3 aromatic rings. The first-order valence-electron chi connectivity index (χ1n) is 12.9. The van der Waals surface area contributed by atoms with Crippen LogP contribution in [-0.2, 0) is 9.47 Å². The standard InChI is InChI=1S/C27H30O15/c28-6-12-17(32)21(36)23(38)26(41-12)15-19(34)14-10(31)5-11(8-1-3-9(30)4-2-8)40-25(14)16(20(15)35)27-24(39)22(37)18(33)13(7-29)42-27/h1-5,12-13,17-18,21-24,26-30,32-39H,6-7H2/t12-,13-,17-,18-,21-,22-,23-,24-,26?,27+/m1/s1. The fraction of sp³-hybridized carbons (Fsp3) is 0.444. The normalized spacial score (nSPS) is 33.6. The summed E-state index contributed by atoms with van der Waals surface area (Å²) in [5.74, 6) is -2.20. The van der Waals surface area contributed by atoms with Gasteiger partial charge in [-0.05, 0) is 24.3 Å². The predicted octanol–water partition coefficient (Wildman–Crippen LogP) is -2.39. The van der Waals surface area contributed by atoms with Crippen LogP contribution < -0.4 is 5.43 Å². The summed E-state index contributed by atoms with van der Waals surface area (Å²) in [7, 11) is 0. The molecule has 10 atom stereocenters. The Hall–Kier alpha value is -3.35. The first-order chi connectivity index (χ1) is 19.9. The van der Waals surface area contributed by atoms with Crippen molar-refractivity contribution in [3.8, 4) is 28.6 Å². The van der Waals surface area contributed by atoms with E-state index in [2.05, 4.69) is 0 Å². The lowest BCUT2D eigenvalue weighted by molar-refractivity contribution is -0.234. The summed E-state index contributed by atoms with van der Waals surface area (Å²) < 4.78 is 17.0. The van der Waals surface area contributed by atoms with Crippen molar-refractivity contribution in [2.24, 2.45) is 0 Å². The molecule has 2 saturated heterocycles. The van der Waals surface area contributed by atoms with Gasteiger partial charge in [-0.2, -0.15) is 0 Å². The highest BCUT2D eigenvalue weighted by molar-refractivity contribution is 5.92. The minimum Gasteiger partial charge on any atom is -0.508 e. The Morgan fingerprint density at radius 1 is 0.643 bits per heavy atom. The molecule has 2 aromatic carbocycles. The van der Waals surface area contributed by atoms with Crippen molar-refractivity contribution in [3.63, 3.8) is 0 Å². The van der Waals surface area contributed by atoms with Crippen molar-refractivity contribution >= 4 is 11.0 Å². The Bertz CT molecular complexity index is 1500. The van der Waals surface area contributed by atoms with Gasteiger partial charge >= 0.3 is 0 Å². The number of phenols is 3. The highest BCUT2D eigenvalue weighted by Crippen LogP contribution is 2.51. The Labute approximate surface area is 235 Å². The number of benzene rings is 2. The first-order valence-corrected chi connectivity index (χ1v) is 12.9. The molecule has 15 heteroatoms. The smallest absolute Gasteiger partial charge is 0.197 e. The second-order valence-electron chi connectivity index (χ2n) is 10.2. The van der Waals surface area contributed by atoms with Crippen LogP contribution in [-0.4, -0.2) is 118 Å². The summed E-state index contributed by atoms with van der Waals surface area (Å²) in [6.07, 6.45) is -18.2. The van der Waals surface area contributed by atoms with Gasteiger partial charge in [0.25, 0.3) is 0 Å². The molecule has 0 radical (unpaired) electrons. The third kappa shape index (κ3) is 4.79. The third-order valence-corrected chi connectivity index (χ3v) is 7.70. The van der Waals surface area contributed by atoms with E-state index in [1.807, 2.05) is 0 Å². The molecule has 15 nitrogen and oxygen atoms in total. The van der Waals surface area contributed by atoms with E-state index >= 15 is 0 Å². The van der Waals surface area contributed by atoms with Gasteiger partial charge in [-0.15, -0.1) is 0 Å². The van der Waals surface area contributed by atoms with E-state index in [1.165, 1.54) is 24.3 Å². The summed E-state index contributed by atoms with van der Waals surface area (Å²) in [5.41, 5.74) is -2.48. The van der Waals surface area contributed by atoms with Crippen molar-refractivity contribution in [2.75, 3.05) is 13.2 Å². The van der Waals surface area contributed by atoms with Crippen LogP contribution in [0.25, 0.3) is 22.3 Å². The van der Waals surface area contributed by atoms with Gasteiger partial charge in [0, 0.05) is 11.6 Å². The maximum Gasteiger partial charge on any atom is 0.197 e. The molecule has 11 N–H and O–H groups in total. The number of phenolic OH excluding ortho intramolecular Hbond substituents is 3. The summed E-state index contributed by atoms with van der Waals surface area (Å²) in [5, 5.41) is 114. The largest absolute Gasteiger partial charge is 0.508 e. The number of hydrogen-bond acceptors (Lipinski definition) is 15. The van der Waals surface area contributed by atoms with E-state index in [0.717, 1.165) is 6.07 Å². The van der Waals surface area contributed by atoms with Gasteiger partial charge in [-0.1, -0.05) is 0 Å². The Morgan fingerprint density at radius 2 is 1.14 bits per heavy atom. The molecular weight excluding hydrogens is 564 g/mol. The number of aliphatic hydroxyl groups excluding tert-OH is 8. The van der Waals surface area contributed by atoms with Crippen molar-refractivity contribution < 1.29 is 70.1 Å². The van der Waals surface area contributed by atoms with Crippen LogP contribution in [0, 0.1) is 0 Å². The molecule has 228 valence electrons. The van der Waals surface area contributed by atoms with Crippen LogP contribution in [0.1, 0.15) is 23.3 Å². The molecule has 42 heavy (non-hydrogen) atoms. The van der Waals surface area contributed by atoms with Crippen molar-refractivity contribution in [1.82, 2.24) is 0 Å². The van der Waals surface area contributed by atoms with Gasteiger partial charge < -0.3 is 70.1 Å². The zero-order chi connectivity index (χ0) is 30.6. The van der Waals surface area contributed by atoms with Crippen LogP contribution in [0.15, 0.2) is 39.5 Å². The second kappa shape index (κ2) is 11.4. The molecule has 3 heterocycles. The summed E-state index contributed by atoms with van der Waals surface area (Å²) >= 11 is 0. The van der Waals surface area contributed by atoms with E-state index in [4.69, 9.17) is 13.9 Å². The molecule has 1 unspecified atom stereocenters. The Morgan fingerprint density at radius 3 is 1.64 bits per heavy atom. The van der Waals surface area contributed by atoms with Gasteiger partial charge in [0.05, 0.1) is 24.3 Å². The summed E-state index contributed by atoms with van der Waals surface area (Å²) in [6, 6.07) is 6.37. The van der Waals surface area contributed by atoms with E-state index in [0.29, 0.717) is 0 Å². The first kappa shape index (κ1) is 30.1. The molecule has 0 bridgehead atoms. The highest BCUT2D eigenvalue weighted by atomic mass is 16.6. The monoisotopic (exact) mass is 594 g/mol. The predicted molar refractivity (Wildman–Crippen MR) is 138 cm³/mol. The van der Waals surface area contributed by atoms with Gasteiger partial charge in [0.1, 0.15) is 89.4 Å². The molecule has 0 amide bonds. The second-order valence-corrected chi connectivity index (χ2v) is 10.2. The summed E-state index contributed by atoms with van der Waals surface area (Å²) in [6.45, 7) is -1.70. The SMILES string of the molecule is O=c1cc(-c2ccc(O)cc2)oc2c([C@@H]3O[C@H](CO)[C@@H](O)[C@@H](O)[C@H]3O)c(O)c(C3O[C@H](CO)[C@@H](O)[C@@H](O)[C@H]3O)c(O)c12. The fourth-order valence-corrected chi connectivity index (χ4v) is 5.39. The number of aliphatic hydroxyl groups is 8. The average molecular weight is 595 g/mol. The van der Waals surface area contributed by atoms with E-state index < -0.39 is 113 Å². The zero-order valence-corrected chi connectivity index (χ0v) is 21.6. The Kier molecular flexibility index (Phi) is 8.16. The van der Waals surface area contributed by atoms with E-state index in [1.54, 1.807) is 0 Å². The molecule has 0 aliphatic carbocycles. The van der Waals surface area contributed by atoms with Crippen molar-refractivity contribution in [1.29, 1.82) is 0 Å². The van der Waals surface area contributed by atoms with Crippen molar-refractivity contribution in [3.05, 3.63) is 51.7 Å². The minimum absolute atomic E-state index is 0.0941. The topological polar surface area (TPSA) is 271 Å². The molecule has 5 rings (SSSR count). The molecule has 0 saturated carbocycles. The van der Waals surface area contributed by atoms with Gasteiger partial charge in [0.2, 0.25) is 0 Å². The van der Waals surface area contributed by atoms with E-state index in [9.17, 15) is 61.0 Å². The van der Waals surface area contributed by atoms with Crippen molar-refractivity contribution in [2.45, 2.75) is 61.0 Å². The summed E-state index contributed by atoms with van der Waals surface area (Å²) in [4.78, 5) is 13.5. The maximum atomic E-state index is 13.5. The van der Waals surface area contributed by atoms with Gasteiger partial charge in [0.15, 0.2) is 11.0 Å². The number of rotatable bonds is 5. The van der Waals surface area contributed by atoms with Gasteiger partial charge in [-0.3, -0.25) is 4.79 Å².